The average Bonchev–Trinajstić information content (AvgIpc) is 3.38. The van der Waals surface area contributed by atoms with Crippen LogP contribution in [0.3, 0.4) is 0 Å². The summed E-state index contributed by atoms with van der Waals surface area (Å²) in [7, 11) is 0. The van der Waals surface area contributed by atoms with Gasteiger partial charge in [0.1, 0.15) is 0 Å². The molecule has 0 radical (unpaired) electrons. The van der Waals surface area contributed by atoms with E-state index in [9.17, 15) is 0 Å². The number of hydrogen-bond acceptors (Lipinski definition) is 2. The summed E-state index contributed by atoms with van der Waals surface area (Å²) in [6, 6.07) is 52.3. The number of hydrogen-bond donors (Lipinski definition) is 0. The summed E-state index contributed by atoms with van der Waals surface area (Å²) >= 11 is 0. The molecule has 8 rings (SSSR count). The summed E-state index contributed by atoms with van der Waals surface area (Å²) in [6.45, 7) is 0. The lowest BCUT2D eigenvalue weighted by Crippen LogP contribution is -2.10. The van der Waals surface area contributed by atoms with Gasteiger partial charge in [-0.3, -0.25) is 4.98 Å². The van der Waals surface area contributed by atoms with Crippen LogP contribution in [0.5, 0.6) is 0 Å². The predicted molar refractivity (Wildman–Crippen MR) is 172 cm³/mol. The maximum atomic E-state index is 4.34. The molecule has 0 saturated heterocycles. The largest absolute Gasteiger partial charge is 0.310 e. The molecule has 0 amide bonds. The Bertz CT molecular complexity index is 2020. The zero-order valence-corrected chi connectivity index (χ0v) is 22.4. The van der Waals surface area contributed by atoms with Gasteiger partial charge in [0.25, 0.3) is 0 Å². The number of para-hydroxylation sites is 1. The van der Waals surface area contributed by atoms with Crippen LogP contribution in [0.15, 0.2) is 158 Å². The summed E-state index contributed by atoms with van der Waals surface area (Å²) in [5.41, 5.74) is 13.3. The van der Waals surface area contributed by atoms with Crippen LogP contribution in [0.25, 0.3) is 55.3 Å². The van der Waals surface area contributed by atoms with Crippen LogP contribution >= 0.6 is 0 Å². The molecule has 1 heterocycles. The number of anilines is 3. The minimum absolute atomic E-state index is 1.10. The maximum absolute atomic E-state index is 4.34. The summed E-state index contributed by atoms with van der Waals surface area (Å²) in [4.78, 5) is 6.67. The van der Waals surface area contributed by atoms with E-state index >= 15 is 0 Å². The third-order valence-corrected chi connectivity index (χ3v) is 8.08. The van der Waals surface area contributed by atoms with Gasteiger partial charge in [-0.25, -0.2) is 0 Å². The molecule has 0 spiro atoms. The van der Waals surface area contributed by atoms with Crippen molar-refractivity contribution in [1.82, 2.24) is 4.98 Å². The van der Waals surface area contributed by atoms with E-state index in [1.54, 1.807) is 0 Å². The van der Waals surface area contributed by atoms with Gasteiger partial charge >= 0.3 is 0 Å². The van der Waals surface area contributed by atoms with Crippen molar-refractivity contribution in [3.05, 3.63) is 158 Å². The van der Waals surface area contributed by atoms with Crippen LogP contribution in [0.2, 0.25) is 0 Å². The molecule has 0 atom stereocenters. The molecule has 0 N–H and O–H groups in total. The van der Waals surface area contributed by atoms with Crippen LogP contribution in [-0.2, 0) is 0 Å². The second-order valence-electron chi connectivity index (χ2n) is 10.4. The van der Waals surface area contributed by atoms with Gasteiger partial charge < -0.3 is 4.90 Å². The molecular formula is C39H26N2. The summed E-state index contributed by atoms with van der Waals surface area (Å²) in [6.07, 6.45) is 3.73. The van der Waals surface area contributed by atoms with Crippen molar-refractivity contribution in [3.63, 3.8) is 0 Å². The third kappa shape index (κ3) is 3.92. The lowest BCUT2D eigenvalue weighted by molar-refractivity contribution is 1.28. The van der Waals surface area contributed by atoms with Crippen LogP contribution in [0.4, 0.5) is 17.1 Å². The number of pyridine rings is 1. The second kappa shape index (κ2) is 9.62. The maximum Gasteiger partial charge on any atom is 0.0467 e. The lowest BCUT2D eigenvalue weighted by atomic mass is 9.94. The fourth-order valence-corrected chi connectivity index (χ4v) is 6.26. The molecule has 7 aromatic rings. The Kier molecular flexibility index (Phi) is 5.49. The molecule has 2 heteroatoms. The Morgan fingerprint density at radius 2 is 0.976 bits per heavy atom. The molecule has 192 valence electrons. The van der Waals surface area contributed by atoms with Gasteiger partial charge in [0.15, 0.2) is 0 Å². The molecule has 0 bridgehead atoms. The van der Waals surface area contributed by atoms with Crippen molar-refractivity contribution >= 4 is 27.8 Å². The molecule has 41 heavy (non-hydrogen) atoms. The van der Waals surface area contributed by atoms with Gasteiger partial charge in [0.2, 0.25) is 0 Å². The normalized spacial score (nSPS) is 11.4. The van der Waals surface area contributed by atoms with E-state index in [0.717, 1.165) is 28.2 Å². The summed E-state index contributed by atoms with van der Waals surface area (Å²) in [5.74, 6) is 0. The van der Waals surface area contributed by atoms with Gasteiger partial charge in [-0.05, 0) is 92.2 Å². The standard InChI is InChI=1S/C39H26N2/c1-2-13-30(14-3-1)41(31-15-6-10-27(24-31)29-12-9-23-40-26-29)32-16-7-11-28(25-32)33-21-22-38-35-18-5-4-17-34(35)37-20-8-19-36(33)39(37)38/h1-26H. The van der Waals surface area contributed by atoms with Crippen LogP contribution in [0, 0.1) is 0 Å². The molecular weight excluding hydrogens is 496 g/mol. The fraction of sp³-hybridized carbons (Fsp3) is 0. The van der Waals surface area contributed by atoms with Crippen LogP contribution < -0.4 is 4.90 Å². The molecule has 0 unspecified atom stereocenters. The van der Waals surface area contributed by atoms with E-state index in [4.69, 9.17) is 0 Å². The molecule has 0 fully saturated rings. The molecule has 1 aliphatic rings. The van der Waals surface area contributed by atoms with Crippen LogP contribution in [-0.4, -0.2) is 4.98 Å². The van der Waals surface area contributed by atoms with Gasteiger partial charge in [0.05, 0.1) is 0 Å². The van der Waals surface area contributed by atoms with E-state index in [-0.39, 0.29) is 0 Å². The Balaban J connectivity index is 1.28. The highest BCUT2D eigenvalue weighted by Crippen LogP contribution is 2.49. The van der Waals surface area contributed by atoms with E-state index < -0.39 is 0 Å². The first-order chi connectivity index (χ1) is 20.3. The summed E-state index contributed by atoms with van der Waals surface area (Å²) in [5, 5.41) is 2.64. The minimum Gasteiger partial charge on any atom is -0.310 e. The van der Waals surface area contributed by atoms with Crippen molar-refractivity contribution < 1.29 is 0 Å². The molecule has 0 saturated carbocycles. The second-order valence-corrected chi connectivity index (χ2v) is 10.4. The van der Waals surface area contributed by atoms with E-state index in [0.29, 0.717) is 0 Å². The van der Waals surface area contributed by atoms with Crippen molar-refractivity contribution in [3.8, 4) is 44.5 Å². The quantitative estimate of drug-likeness (QED) is 0.223. The molecule has 6 aromatic carbocycles. The monoisotopic (exact) mass is 522 g/mol. The zero-order valence-electron chi connectivity index (χ0n) is 22.4. The number of aromatic nitrogens is 1. The van der Waals surface area contributed by atoms with Gasteiger partial charge in [-0.15, -0.1) is 0 Å². The summed E-state index contributed by atoms with van der Waals surface area (Å²) < 4.78 is 0. The molecule has 0 aliphatic heterocycles. The smallest absolute Gasteiger partial charge is 0.0467 e. The number of fused-ring (bicyclic) bond motifs is 3. The van der Waals surface area contributed by atoms with Gasteiger partial charge in [0, 0.05) is 35.0 Å². The molecule has 1 aromatic heterocycles. The topological polar surface area (TPSA) is 16.1 Å². The van der Waals surface area contributed by atoms with Crippen molar-refractivity contribution in [1.29, 1.82) is 0 Å². The Hall–Kier alpha value is -5.47. The first-order valence-electron chi connectivity index (χ1n) is 14.0. The highest BCUT2D eigenvalue weighted by atomic mass is 15.1. The Morgan fingerprint density at radius 1 is 0.390 bits per heavy atom. The predicted octanol–water partition coefficient (Wildman–Crippen LogP) is 10.7. The van der Waals surface area contributed by atoms with Crippen molar-refractivity contribution in [2.45, 2.75) is 0 Å². The minimum atomic E-state index is 1.10. The Labute approximate surface area is 239 Å². The highest BCUT2D eigenvalue weighted by molar-refractivity contribution is 6.18. The first kappa shape index (κ1) is 23.4. The van der Waals surface area contributed by atoms with E-state index in [1.165, 1.54) is 44.2 Å². The fourth-order valence-electron chi connectivity index (χ4n) is 6.26. The third-order valence-electron chi connectivity index (χ3n) is 8.08. The zero-order chi connectivity index (χ0) is 27.2. The Morgan fingerprint density at radius 3 is 1.73 bits per heavy atom. The number of rotatable bonds is 5. The molecule has 2 nitrogen and oxygen atoms in total. The van der Waals surface area contributed by atoms with E-state index in [2.05, 4.69) is 149 Å². The molecule has 1 aliphatic carbocycles. The number of benzene rings is 6. The van der Waals surface area contributed by atoms with Gasteiger partial charge in [-0.2, -0.15) is 0 Å². The highest BCUT2D eigenvalue weighted by Gasteiger charge is 2.22. The number of nitrogens with zero attached hydrogens (tertiary/aromatic N) is 2. The lowest BCUT2D eigenvalue weighted by Gasteiger charge is -2.26. The van der Waals surface area contributed by atoms with Crippen molar-refractivity contribution in [2.24, 2.45) is 0 Å². The van der Waals surface area contributed by atoms with E-state index in [1.807, 2.05) is 18.5 Å². The average molecular weight is 523 g/mol. The van der Waals surface area contributed by atoms with Gasteiger partial charge in [-0.1, -0.05) is 103 Å². The van der Waals surface area contributed by atoms with Crippen molar-refractivity contribution in [2.75, 3.05) is 4.90 Å². The van der Waals surface area contributed by atoms with Crippen LogP contribution in [0.1, 0.15) is 0 Å². The SMILES string of the molecule is c1ccc(N(c2cccc(-c3cccnc3)c2)c2cccc(-c3ccc4c5c(cccc35)-c3ccccc3-4)c2)cc1. The first-order valence-corrected chi connectivity index (χ1v) is 14.0.